The second-order valence-electron chi connectivity index (χ2n) is 4.02. The molecule has 0 spiro atoms. The molecule has 0 aromatic carbocycles. The Kier molecular flexibility index (Phi) is 3.33. The molecule has 0 aliphatic heterocycles. The number of nitrogens with zero attached hydrogens (tertiary/aromatic N) is 3. The van der Waals surface area contributed by atoms with Crippen LogP contribution in [-0.2, 0) is 0 Å². The molecule has 2 aromatic heterocycles. The Morgan fingerprint density at radius 1 is 1.41 bits per heavy atom. The van der Waals surface area contributed by atoms with Gasteiger partial charge in [-0.15, -0.1) is 0 Å². The van der Waals surface area contributed by atoms with E-state index in [1.54, 1.807) is 12.4 Å². The zero-order chi connectivity index (χ0) is 12.4. The molecule has 2 aromatic rings. The highest BCUT2D eigenvalue weighted by Crippen LogP contribution is 2.23. The van der Waals surface area contributed by atoms with E-state index in [1.165, 1.54) is 0 Å². The lowest BCUT2D eigenvalue weighted by Gasteiger charge is -2.06. The minimum Gasteiger partial charge on any atom is -0.396 e. The van der Waals surface area contributed by atoms with Crippen LogP contribution in [0.15, 0.2) is 29.1 Å². The lowest BCUT2D eigenvalue weighted by atomic mass is 10.4. The third kappa shape index (κ3) is 2.76. The van der Waals surface area contributed by atoms with Crippen molar-refractivity contribution in [3.05, 3.63) is 29.1 Å². The van der Waals surface area contributed by atoms with Gasteiger partial charge >= 0.3 is 0 Å². The van der Waals surface area contributed by atoms with Crippen molar-refractivity contribution in [1.29, 1.82) is 0 Å². The van der Waals surface area contributed by atoms with E-state index in [2.05, 4.69) is 45.2 Å². The molecule has 0 radical (unpaired) electrons. The minimum atomic E-state index is 0.334. The van der Waals surface area contributed by atoms with Gasteiger partial charge in [0.25, 0.3) is 0 Å². The monoisotopic (exact) mass is 295 g/mol. The highest BCUT2D eigenvalue weighted by Gasteiger charge is 2.05. The van der Waals surface area contributed by atoms with Gasteiger partial charge in [-0.1, -0.05) is 0 Å². The zero-order valence-corrected chi connectivity index (χ0v) is 11.3. The SMILES string of the molecule is CC(C)n1cc(Nc2ncc(Br)cc2N)cn1. The quantitative estimate of drug-likeness (QED) is 0.913. The van der Waals surface area contributed by atoms with Gasteiger partial charge < -0.3 is 11.1 Å². The predicted molar refractivity (Wildman–Crippen MR) is 72.2 cm³/mol. The van der Waals surface area contributed by atoms with Gasteiger partial charge in [0.15, 0.2) is 5.82 Å². The second kappa shape index (κ2) is 4.75. The number of rotatable bonds is 3. The smallest absolute Gasteiger partial charge is 0.153 e. The lowest BCUT2D eigenvalue weighted by molar-refractivity contribution is 0.532. The summed E-state index contributed by atoms with van der Waals surface area (Å²) in [6.45, 7) is 4.14. The third-order valence-electron chi connectivity index (χ3n) is 2.28. The molecule has 0 saturated carbocycles. The average molecular weight is 296 g/mol. The molecule has 5 nitrogen and oxygen atoms in total. The number of nitrogens with one attached hydrogen (secondary N) is 1. The number of hydrogen-bond acceptors (Lipinski definition) is 4. The Hall–Kier alpha value is -1.56. The summed E-state index contributed by atoms with van der Waals surface area (Å²) in [6.07, 6.45) is 5.38. The third-order valence-corrected chi connectivity index (χ3v) is 2.71. The van der Waals surface area contributed by atoms with Gasteiger partial charge in [0.2, 0.25) is 0 Å². The Morgan fingerprint density at radius 3 is 2.76 bits per heavy atom. The van der Waals surface area contributed by atoms with Crippen LogP contribution in [0, 0.1) is 0 Å². The molecule has 0 bridgehead atoms. The predicted octanol–water partition coefficient (Wildman–Crippen LogP) is 2.95. The molecular weight excluding hydrogens is 282 g/mol. The Labute approximate surface area is 108 Å². The van der Waals surface area contributed by atoms with Crippen LogP contribution >= 0.6 is 15.9 Å². The fraction of sp³-hybridized carbons (Fsp3) is 0.273. The van der Waals surface area contributed by atoms with Crippen LogP contribution in [0.2, 0.25) is 0 Å². The number of nitrogen functional groups attached to an aromatic ring is 1. The maximum atomic E-state index is 5.85. The van der Waals surface area contributed by atoms with E-state index in [0.29, 0.717) is 17.5 Å². The number of nitrogens with two attached hydrogens (primary N) is 1. The van der Waals surface area contributed by atoms with E-state index in [-0.39, 0.29) is 0 Å². The number of hydrogen-bond donors (Lipinski definition) is 2. The molecule has 17 heavy (non-hydrogen) atoms. The van der Waals surface area contributed by atoms with Crippen molar-refractivity contribution in [2.24, 2.45) is 0 Å². The molecule has 0 fully saturated rings. The first kappa shape index (κ1) is 11.9. The largest absolute Gasteiger partial charge is 0.396 e. The molecular formula is C11H14BrN5. The number of anilines is 3. The summed E-state index contributed by atoms with van der Waals surface area (Å²) in [5.74, 6) is 0.636. The van der Waals surface area contributed by atoms with Crippen LogP contribution in [0.25, 0.3) is 0 Å². The van der Waals surface area contributed by atoms with Gasteiger partial charge in [0.1, 0.15) is 0 Å². The van der Waals surface area contributed by atoms with E-state index in [0.717, 1.165) is 10.2 Å². The summed E-state index contributed by atoms with van der Waals surface area (Å²) in [4.78, 5) is 4.21. The van der Waals surface area contributed by atoms with Crippen LogP contribution in [-0.4, -0.2) is 14.8 Å². The van der Waals surface area contributed by atoms with Gasteiger partial charge in [-0.2, -0.15) is 5.10 Å². The Balaban J connectivity index is 2.19. The molecule has 6 heteroatoms. The summed E-state index contributed by atoms with van der Waals surface area (Å²) in [6, 6.07) is 2.14. The number of halogens is 1. The van der Waals surface area contributed by atoms with E-state index in [9.17, 15) is 0 Å². The first-order valence-corrected chi connectivity index (χ1v) is 6.08. The van der Waals surface area contributed by atoms with Crippen molar-refractivity contribution in [1.82, 2.24) is 14.8 Å². The van der Waals surface area contributed by atoms with Crippen molar-refractivity contribution < 1.29 is 0 Å². The van der Waals surface area contributed by atoms with Crippen LogP contribution in [0.1, 0.15) is 19.9 Å². The standard InChI is InChI=1S/C11H14BrN5/c1-7(2)17-6-9(5-15-17)16-11-10(13)3-8(12)4-14-11/h3-7H,13H2,1-2H3,(H,14,16). The fourth-order valence-electron chi connectivity index (χ4n) is 1.38. The molecule has 0 unspecified atom stereocenters. The maximum Gasteiger partial charge on any atom is 0.153 e. The number of pyridine rings is 1. The highest BCUT2D eigenvalue weighted by molar-refractivity contribution is 9.10. The normalized spacial score (nSPS) is 10.8. The summed E-state index contributed by atoms with van der Waals surface area (Å²) >= 11 is 3.32. The summed E-state index contributed by atoms with van der Waals surface area (Å²) < 4.78 is 2.73. The average Bonchev–Trinajstić information content (AvgIpc) is 2.71. The van der Waals surface area contributed by atoms with Crippen molar-refractivity contribution >= 4 is 33.1 Å². The zero-order valence-electron chi connectivity index (χ0n) is 9.68. The van der Waals surface area contributed by atoms with Gasteiger partial charge in [0.05, 0.1) is 17.6 Å². The molecule has 0 saturated heterocycles. The topological polar surface area (TPSA) is 68.8 Å². The molecule has 0 amide bonds. The molecule has 0 aliphatic rings. The Morgan fingerprint density at radius 2 is 2.18 bits per heavy atom. The van der Waals surface area contributed by atoms with Crippen molar-refractivity contribution in [3.8, 4) is 0 Å². The molecule has 3 N–H and O–H groups in total. The Bertz CT molecular complexity index is 520. The van der Waals surface area contributed by atoms with Crippen LogP contribution in [0.4, 0.5) is 17.2 Å². The molecule has 2 heterocycles. The highest BCUT2D eigenvalue weighted by atomic mass is 79.9. The van der Waals surface area contributed by atoms with Gasteiger partial charge in [-0.05, 0) is 35.8 Å². The maximum absolute atomic E-state index is 5.85. The molecule has 0 aliphatic carbocycles. The molecule has 2 rings (SSSR count). The van der Waals surface area contributed by atoms with Gasteiger partial charge in [0, 0.05) is 22.9 Å². The molecule has 90 valence electrons. The summed E-state index contributed by atoms with van der Waals surface area (Å²) in [5.41, 5.74) is 7.32. The van der Waals surface area contributed by atoms with Crippen LogP contribution in [0.3, 0.4) is 0 Å². The van der Waals surface area contributed by atoms with Crippen molar-refractivity contribution in [2.45, 2.75) is 19.9 Å². The van der Waals surface area contributed by atoms with E-state index in [4.69, 9.17) is 5.73 Å². The fourth-order valence-corrected chi connectivity index (χ4v) is 1.73. The van der Waals surface area contributed by atoms with Crippen LogP contribution in [0.5, 0.6) is 0 Å². The van der Waals surface area contributed by atoms with Gasteiger partial charge in [-0.25, -0.2) is 4.98 Å². The second-order valence-corrected chi connectivity index (χ2v) is 4.93. The number of aromatic nitrogens is 3. The van der Waals surface area contributed by atoms with E-state index in [1.807, 2.05) is 16.9 Å². The lowest BCUT2D eigenvalue weighted by Crippen LogP contribution is -2.00. The van der Waals surface area contributed by atoms with E-state index >= 15 is 0 Å². The van der Waals surface area contributed by atoms with Gasteiger partial charge in [-0.3, -0.25) is 4.68 Å². The van der Waals surface area contributed by atoms with Crippen LogP contribution < -0.4 is 11.1 Å². The first-order chi connectivity index (χ1) is 8.06. The summed E-state index contributed by atoms with van der Waals surface area (Å²) in [5, 5.41) is 7.37. The summed E-state index contributed by atoms with van der Waals surface area (Å²) in [7, 11) is 0. The molecule has 0 atom stereocenters. The first-order valence-electron chi connectivity index (χ1n) is 5.28. The van der Waals surface area contributed by atoms with Crippen molar-refractivity contribution in [3.63, 3.8) is 0 Å². The minimum absolute atomic E-state index is 0.334. The van der Waals surface area contributed by atoms with E-state index < -0.39 is 0 Å². The van der Waals surface area contributed by atoms with Crippen molar-refractivity contribution in [2.75, 3.05) is 11.1 Å².